The van der Waals surface area contributed by atoms with E-state index in [1.165, 1.54) is 0 Å². The molecule has 21 heavy (non-hydrogen) atoms. The molecule has 1 N–H and O–H groups in total. The lowest BCUT2D eigenvalue weighted by molar-refractivity contribution is 0.343. The molecule has 1 rings (SSSR count). The molecule has 0 amide bonds. The second-order valence-corrected chi connectivity index (χ2v) is 12.1. The largest absolute Gasteiger partial charge is 0.543 e. The fourth-order valence-corrected chi connectivity index (χ4v) is 3.05. The Labute approximate surface area is 137 Å². The van der Waals surface area contributed by atoms with Crippen LogP contribution in [0.1, 0.15) is 26.3 Å². The molecular formula is C16H25BrO3Si. The van der Waals surface area contributed by atoms with Crippen LogP contribution in [0, 0.1) is 0 Å². The molecule has 0 spiro atoms. The van der Waals surface area contributed by atoms with Gasteiger partial charge in [-0.15, -0.1) is 0 Å². The Morgan fingerprint density at radius 1 is 1.24 bits per heavy atom. The Bertz CT molecular complexity index is 519. The van der Waals surface area contributed by atoms with Crippen LogP contribution in [0.5, 0.6) is 11.5 Å². The minimum absolute atomic E-state index is 0.00207. The monoisotopic (exact) mass is 372 g/mol. The Kier molecular flexibility index (Phi) is 6.08. The number of rotatable bonds is 5. The molecule has 1 aromatic carbocycles. The van der Waals surface area contributed by atoms with Crippen molar-refractivity contribution in [3.8, 4) is 11.5 Å². The highest BCUT2D eigenvalue weighted by Crippen LogP contribution is 2.40. The van der Waals surface area contributed by atoms with E-state index < -0.39 is 8.32 Å². The summed E-state index contributed by atoms with van der Waals surface area (Å²) < 4.78 is 12.6. The van der Waals surface area contributed by atoms with Crippen molar-refractivity contribution in [1.82, 2.24) is 0 Å². The smallest absolute Gasteiger partial charge is 0.250 e. The molecule has 0 heterocycles. The standard InChI is InChI=1S/C16H25BrO3Si/c1-16(2,3)21(5,6)20-14-11-13(17)15(19-4)10-12(14)8-7-9-18/h7-8,10-11,18H,9H2,1-6H3. The molecule has 0 saturated heterocycles. The van der Waals surface area contributed by atoms with E-state index in [-0.39, 0.29) is 11.6 Å². The van der Waals surface area contributed by atoms with Crippen LogP contribution < -0.4 is 9.16 Å². The van der Waals surface area contributed by atoms with Crippen molar-refractivity contribution in [3.05, 3.63) is 28.2 Å². The van der Waals surface area contributed by atoms with Crippen LogP contribution >= 0.6 is 15.9 Å². The summed E-state index contributed by atoms with van der Waals surface area (Å²) in [4.78, 5) is 0. The van der Waals surface area contributed by atoms with Gasteiger partial charge in [-0.1, -0.05) is 32.9 Å². The maximum atomic E-state index is 9.00. The molecular weight excluding hydrogens is 348 g/mol. The van der Waals surface area contributed by atoms with Gasteiger partial charge in [-0.2, -0.15) is 0 Å². The summed E-state index contributed by atoms with van der Waals surface area (Å²) in [5.41, 5.74) is 0.911. The fraction of sp³-hybridized carbons (Fsp3) is 0.500. The van der Waals surface area contributed by atoms with E-state index in [1.54, 1.807) is 13.2 Å². The number of benzene rings is 1. The van der Waals surface area contributed by atoms with Crippen molar-refractivity contribution in [2.24, 2.45) is 0 Å². The van der Waals surface area contributed by atoms with Crippen molar-refractivity contribution in [2.45, 2.75) is 38.9 Å². The van der Waals surface area contributed by atoms with E-state index in [9.17, 15) is 0 Å². The predicted octanol–water partition coefficient (Wildman–Crippen LogP) is 4.85. The lowest BCUT2D eigenvalue weighted by Gasteiger charge is -2.37. The van der Waals surface area contributed by atoms with E-state index in [2.05, 4.69) is 49.8 Å². The summed E-state index contributed by atoms with van der Waals surface area (Å²) in [5.74, 6) is 1.56. The molecule has 0 radical (unpaired) electrons. The lowest BCUT2D eigenvalue weighted by atomic mass is 10.2. The highest BCUT2D eigenvalue weighted by Gasteiger charge is 2.39. The Morgan fingerprint density at radius 2 is 1.86 bits per heavy atom. The molecule has 1 aromatic rings. The second-order valence-electron chi connectivity index (χ2n) is 6.47. The number of hydrogen-bond donors (Lipinski definition) is 1. The molecule has 0 aliphatic carbocycles. The second kappa shape index (κ2) is 6.98. The van der Waals surface area contributed by atoms with Crippen LogP contribution in [-0.4, -0.2) is 27.1 Å². The number of aliphatic hydroxyl groups excluding tert-OH is 1. The molecule has 0 aliphatic heterocycles. The maximum absolute atomic E-state index is 9.00. The van der Waals surface area contributed by atoms with Gasteiger partial charge in [-0.3, -0.25) is 0 Å². The number of aliphatic hydroxyl groups is 1. The SMILES string of the molecule is COc1cc(C=CCO)c(O[Si](C)(C)C(C)(C)C)cc1Br. The molecule has 0 aliphatic rings. The topological polar surface area (TPSA) is 38.7 Å². The van der Waals surface area contributed by atoms with E-state index >= 15 is 0 Å². The normalized spacial score (nSPS) is 12.8. The van der Waals surface area contributed by atoms with Crippen molar-refractivity contribution in [3.63, 3.8) is 0 Å². The Hall–Kier alpha value is -0.783. The lowest BCUT2D eigenvalue weighted by Crippen LogP contribution is -2.44. The van der Waals surface area contributed by atoms with E-state index in [0.717, 1.165) is 21.5 Å². The van der Waals surface area contributed by atoms with Crippen LogP contribution in [0.2, 0.25) is 18.1 Å². The van der Waals surface area contributed by atoms with Crippen LogP contribution in [-0.2, 0) is 0 Å². The molecule has 3 nitrogen and oxygen atoms in total. The zero-order valence-corrected chi connectivity index (χ0v) is 16.2. The van der Waals surface area contributed by atoms with Crippen molar-refractivity contribution in [2.75, 3.05) is 13.7 Å². The average molecular weight is 373 g/mol. The molecule has 0 bridgehead atoms. The van der Waals surface area contributed by atoms with Gasteiger partial charge in [-0.25, -0.2) is 0 Å². The van der Waals surface area contributed by atoms with Gasteiger partial charge < -0.3 is 14.3 Å². The van der Waals surface area contributed by atoms with Gasteiger partial charge in [-0.05, 0) is 46.2 Å². The molecule has 118 valence electrons. The summed E-state index contributed by atoms with van der Waals surface area (Å²) in [6, 6.07) is 3.86. The van der Waals surface area contributed by atoms with Gasteiger partial charge in [0.05, 0.1) is 18.2 Å². The minimum atomic E-state index is -1.92. The molecule has 0 atom stereocenters. The summed E-state index contributed by atoms with van der Waals surface area (Å²) in [7, 11) is -0.292. The third-order valence-corrected chi connectivity index (χ3v) is 8.82. The third kappa shape index (κ3) is 4.59. The van der Waals surface area contributed by atoms with Crippen LogP contribution in [0.4, 0.5) is 0 Å². The molecule has 5 heteroatoms. The molecule has 0 unspecified atom stereocenters. The van der Waals surface area contributed by atoms with Gasteiger partial charge in [0.2, 0.25) is 0 Å². The van der Waals surface area contributed by atoms with E-state index in [1.807, 2.05) is 18.2 Å². The van der Waals surface area contributed by atoms with Gasteiger partial charge in [0.1, 0.15) is 11.5 Å². The van der Waals surface area contributed by atoms with Crippen LogP contribution in [0.3, 0.4) is 0 Å². The highest BCUT2D eigenvalue weighted by atomic mass is 79.9. The average Bonchev–Trinajstić information content (AvgIpc) is 2.36. The molecule has 0 fully saturated rings. The van der Waals surface area contributed by atoms with Crippen LogP contribution in [0.25, 0.3) is 6.08 Å². The number of ether oxygens (including phenoxy) is 1. The Balaban J connectivity index is 3.27. The molecule has 0 aromatic heterocycles. The summed E-state index contributed by atoms with van der Waals surface area (Å²) in [6.45, 7) is 11.1. The van der Waals surface area contributed by atoms with Gasteiger partial charge in [0.15, 0.2) is 0 Å². The highest BCUT2D eigenvalue weighted by molar-refractivity contribution is 9.10. The number of halogens is 1. The van der Waals surface area contributed by atoms with Gasteiger partial charge >= 0.3 is 0 Å². The first-order valence-electron chi connectivity index (χ1n) is 6.96. The van der Waals surface area contributed by atoms with Crippen LogP contribution in [0.15, 0.2) is 22.7 Å². The summed E-state index contributed by atoms with van der Waals surface area (Å²) in [5, 5.41) is 9.12. The van der Waals surface area contributed by atoms with Crippen molar-refractivity contribution in [1.29, 1.82) is 0 Å². The summed E-state index contributed by atoms with van der Waals surface area (Å²) >= 11 is 3.50. The first-order chi connectivity index (χ1) is 9.62. The minimum Gasteiger partial charge on any atom is -0.543 e. The molecule has 0 saturated carbocycles. The number of hydrogen-bond acceptors (Lipinski definition) is 3. The van der Waals surface area contributed by atoms with Crippen molar-refractivity contribution >= 4 is 30.3 Å². The zero-order chi connectivity index (χ0) is 16.3. The van der Waals surface area contributed by atoms with Gasteiger partial charge in [0, 0.05) is 5.56 Å². The zero-order valence-electron chi connectivity index (χ0n) is 13.7. The fourth-order valence-electron chi connectivity index (χ4n) is 1.53. The van der Waals surface area contributed by atoms with Crippen molar-refractivity contribution < 1.29 is 14.3 Å². The first kappa shape index (κ1) is 18.3. The van der Waals surface area contributed by atoms with E-state index in [4.69, 9.17) is 14.3 Å². The third-order valence-electron chi connectivity index (χ3n) is 3.86. The maximum Gasteiger partial charge on any atom is 0.250 e. The quantitative estimate of drug-likeness (QED) is 0.750. The van der Waals surface area contributed by atoms with Gasteiger partial charge in [0.25, 0.3) is 8.32 Å². The number of methoxy groups -OCH3 is 1. The predicted molar refractivity (Wildman–Crippen MR) is 94.6 cm³/mol. The Morgan fingerprint density at radius 3 is 2.33 bits per heavy atom. The summed E-state index contributed by atoms with van der Waals surface area (Å²) in [6.07, 6.45) is 3.55. The van der Waals surface area contributed by atoms with E-state index in [0.29, 0.717) is 0 Å². The first-order valence-corrected chi connectivity index (χ1v) is 10.7.